The van der Waals surface area contributed by atoms with Gasteiger partial charge in [-0.05, 0) is 22.4 Å². The van der Waals surface area contributed by atoms with Crippen LogP contribution in [-0.2, 0) is 6.42 Å². The van der Waals surface area contributed by atoms with Crippen LogP contribution in [0, 0.1) is 0 Å². The molecule has 2 nitrogen and oxygen atoms in total. The Labute approximate surface area is 164 Å². The van der Waals surface area contributed by atoms with Crippen molar-refractivity contribution in [1.82, 2.24) is 9.97 Å². The number of hydrogen-bond donors (Lipinski definition) is 0. The first-order valence-corrected chi connectivity index (χ1v) is 9.68. The van der Waals surface area contributed by atoms with Gasteiger partial charge in [0.15, 0.2) is 0 Å². The number of hydrogen-bond acceptors (Lipinski definition) is 2. The molecule has 1 aromatic heterocycles. The Balaban J connectivity index is 1.81. The minimum Gasteiger partial charge on any atom is -0.232 e. The van der Waals surface area contributed by atoms with Crippen LogP contribution in [-0.4, -0.2) is 9.97 Å². The molecule has 0 saturated heterocycles. The highest BCUT2D eigenvalue weighted by atomic mass is 14.9. The summed E-state index contributed by atoms with van der Waals surface area (Å²) in [5, 5.41) is 3.56. The van der Waals surface area contributed by atoms with E-state index in [0.29, 0.717) is 0 Å². The van der Waals surface area contributed by atoms with Gasteiger partial charge in [-0.1, -0.05) is 91.9 Å². The van der Waals surface area contributed by atoms with Gasteiger partial charge in [0, 0.05) is 22.9 Å². The molecule has 0 bridgehead atoms. The Morgan fingerprint density at radius 1 is 0.643 bits per heavy atom. The molecule has 0 aliphatic rings. The van der Waals surface area contributed by atoms with E-state index >= 15 is 0 Å². The van der Waals surface area contributed by atoms with Crippen LogP contribution in [0.3, 0.4) is 0 Å². The van der Waals surface area contributed by atoms with E-state index in [1.165, 1.54) is 16.3 Å². The zero-order valence-corrected chi connectivity index (χ0v) is 15.8. The third kappa shape index (κ3) is 2.84. The van der Waals surface area contributed by atoms with Crippen LogP contribution in [0.5, 0.6) is 0 Å². The quantitative estimate of drug-likeness (QED) is 0.359. The molecule has 28 heavy (non-hydrogen) atoms. The smallest absolute Gasteiger partial charge is 0.129 e. The lowest BCUT2D eigenvalue weighted by atomic mass is 9.98. The summed E-state index contributed by atoms with van der Waals surface area (Å²) in [6.45, 7) is 2.11. The molecule has 1 heterocycles. The number of aromatic nitrogens is 2. The zero-order valence-electron chi connectivity index (χ0n) is 15.8. The Bertz CT molecular complexity index is 1290. The first kappa shape index (κ1) is 16.6. The van der Waals surface area contributed by atoms with E-state index in [4.69, 9.17) is 9.97 Å². The molecule has 2 heteroatoms. The summed E-state index contributed by atoms with van der Waals surface area (Å²) in [4.78, 5) is 9.83. The number of benzene rings is 4. The lowest BCUT2D eigenvalue weighted by molar-refractivity contribution is 0.964. The van der Waals surface area contributed by atoms with Crippen molar-refractivity contribution in [3.63, 3.8) is 0 Å². The first-order chi connectivity index (χ1) is 13.8. The molecule has 5 aromatic rings. The maximum Gasteiger partial charge on any atom is 0.129 e. The number of para-hydroxylation sites is 1. The topological polar surface area (TPSA) is 25.8 Å². The van der Waals surface area contributed by atoms with E-state index in [-0.39, 0.29) is 0 Å². The fourth-order valence-corrected chi connectivity index (χ4v) is 3.76. The van der Waals surface area contributed by atoms with Gasteiger partial charge in [-0.15, -0.1) is 0 Å². The summed E-state index contributed by atoms with van der Waals surface area (Å²) in [6.07, 6.45) is 0.805. The van der Waals surface area contributed by atoms with E-state index in [2.05, 4.69) is 91.9 Å². The van der Waals surface area contributed by atoms with Gasteiger partial charge in [-0.25, -0.2) is 9.97 Å². The molecule has 0 atom stereocenters. The van der Waals surface area contributed by atoms with Crippen LogP contribution in [0.15, 0.2) is 91.0 Å². The average molecular weight is 360 g/mol. The van der Waals surface area contributed by atoms with E-state index in [1.54, 1.807) is 0 Å². The van der Waals surface area contributed by atoms with Gasteiger partial charge < -0.3 is 0 Å². The fraction of sp³-hybridized carbons (Fsp3) is 0.0769. The summed E-state index contributed by atoms with van der Waals surface area (Å²) in [7, 11) is 0. The van der Waals surface area contributed by atoms with Crippen molar-refractivity contribution in [2.75, 3.05) is 0 Å². The van der Waals surface area contributed by atoms with Gasteiger partial charge >= 0.3 is 0 Å². The van der Waals surface area contributed by atoms with Crippen LogP contribution in [0.25, 0.3) is 44.1 Å². The molecule has 0 spiro atoms. The third-order valence-corrected chi connectivity index (χ3v) is 5.20. The third-order valence-electron chi connectivity index (χ3n) is 5.20. The molecular formula is C26H20N2. The summed E-state index contributed by atoms with van der Waals surface area (Å²) < 4.78 is 0. The van der Waals surface area contributed by atoms with Crippen molar-refractivity contribution in [2.24, 2.45) is 0 Å². The molecule has 0 N–H and O–H groups in total. The number of rotatable bonds is 3. The van der Waals surface area contributed by atoms with Gasteiger partial charge in [0.25, 0.3) is 0 Å². The summed E-state index contributed by atoms with van der Waals surface area (Å²) >= 11 is 0. The standard InChI is InChI=1S/C26H20N2/c1-2-24-27-25(21-16-15-18-9-6-7-12-20(18)17-21)23-14-8-13-22(26(23)28-24)19-10-4-3-5-11-19/h3-17H,2H2,1H3. The largest absolute Gasteiger partial charge is 0.232 e. The van der Waals surface area contributed by atoms with Crippen molar-refractivity contribution in [2.45, 2.75) is 13.3 Å². The highest BCUT2D eigenvalue weighted by Gasteiger charge is 2.13. The summed E-state index contributed by atoms with van der Waals surface area (Å²) in [5.41, 5.74) is 5.48. The van der Waals surface area contributed by atoms with Crippen LogP contribution in [0.4, 0.5) is 0 Å². The Morgan fingerprint density at radius 2 is 1.43 bits per heavy atom. The average Bonchev–Trinajstić information content (AvgIpc) is 2.78. The number of nitrogens with zero attached hydrogens (tertiary/aromatic N) is 2. The maximum absolute atomic E-state index is 4.92. The first-order valence-electron chi connectivity index (χ1n) is 9.68. The van der Waals surface area contributed by atoms with E-state index in [9.17, 15) is 0 Å². The van der Waals surface area contributed by atoms with E-state index in [1.807, 2.05) is 6.07 Å². The molecule has 0 aliphatic heterocycles. The Kier molecular flexibility index (Phi) is 4.10. The van der Waals surface area contributed by atoms with E-state index in [0.717, 1.165) is 40.0 Å². The molecule has 0 unspecified atom stereocenters. The second-order valence-electron chi connectivity index (χ2n) is 6.97. The zero-order chi connectivity index (χ0) is 18.9. The lowest BCUT2D eigenvalue weighted by Crippen LogP contribution is -1.98. The maximum atomic E-state index is 4.92. The van der Waals surface area contributed by atoms with Crippen molar-refractivity contribution in [3.05, 3.63) is 96.8 Å². The monoisotopic (exact) mass is 360 g/mol. The Morgan fingerprint density at radius 3 is 2.25 bits per heavy atom. The predicted molar refractivity (Wildman–Crippen MR) is 117 cm³/mol. The molecule has 0 saturated carbocycles. The van der Waals surface area contributed by atoms with Crippen LogP contribution >= 0.6 is 0 Å². The molecule has 0 aliphatic carbocycles. The van der Waals surface area contributed by atoms with Gasteiger partial charge in [0.05, 0.1) is 11.2 Å². The normalized spacial score (nSPS) is 11.2. The molecule has 4 aromatic carbocycles. The van der Waals surface area contributed by atoms with E-state index < -0.39 is 0 Å². The molecule has 5 rings (SSSR count). The molecule has 0 radical (unpaired) electrons. The van der Waals surface area contributed by atoms with Crippen LogP contribution in [0.2, 0.25) is 0 Å². The predicted octanol–water partition coefficient (Wildman–Crippen LogP) is 6.68. The molecule has 134 valence electrons. The van der Waals surface area contributed by atoms with Crippen molar-refractivity contribution < 1.29 is 0 Å². The molecular weight excluding hydrogens is 340 g/mol. The van der Waals surface area contributed by atoms with Crippen LogP contribution in [0.1, 0.15) is 12.7 Å². The highest BCUT2D eigenvalue weighted by molar-refractivity contribution is 6.01. The van der Waals surface area contributed by atoms with Crippen molar-refractivity contribution in [1.29, 1.82) is 0 Å². The van der Waals surface area contributed by atoms with Gasteiger partial charge in [-0.2, -0.15) is 0 Å². The molecule has 0 fully saturated rings. The summed E-state index contributed by atoms with van der Waals surface area (Å²) in [6, 6.07) is 31.8. The second kappa shape index (κ2) is 6.90. The highest BCUT2D eigenvalue weighted by Crippen LogP contribution is 2.33. The second-order valence-corrected chi connectivity index (χ2v) is 6.97. The van der Waals surface area contributed by atoms with Gasteiger partial charge in [0.1, 0.15) is 5.82 Å². The van der Waals surface area contributed by atoms with Crippen LogP contribution < -0.4 is 0 Å². The van der Waals surface area contributed by atoms with Crippen molar-refractivity contribution >= 4 is 21.7 Å². The number of aryl methyl sites for hydroxylation is 1. The minimum absolute atomic E-state index is 0.805. The Hall–Kier alpha value is -3.52. The van der Waals surface area contributed by atoms with Gasteiger partial charge in [0.2, 0.25) is 0 Å². The lowest BCUT2D eigenvalue weighted by Gasteiger charge is -2.12. The fourth-order valence-electron chi connectivity index (χ4n) is 3.76. The molecule has 0 amide bonds. The summed E-state index contributed by atoms with van der Waals surface area (Å²) in [5.74, 6) is 0.874. The number of fused-ring (bicyclic) bond motifs is 2. The van der Waals surface area contributed by atoms with Gasteiger partial charge in [-0.3, -0.25) is 0 Å². The van der Waals surface area contributed by atoms with Crippen molar-refractivity contribution in [3.8, 4) is 22.4 Å². The minimum atomic E-state index is 0.805. The SMILES string of the molecule is CCc1nc(-c2ccc3ccccc3c2)c2cccc(-c3ccccc3)c2n1.